The van der Waals surface area contributed by atoms with Crippen LogP contribution >= 0.6 is 0 Å². The van der Waals surface area contributed by atoms with Crippen molar-refractivity contribution in [2.45, 2.75) is 25.9 Å². The van der Waals surface area contributed by atoms with Crippen LogP contribution in [-0.4, -0.2) is 49.0 Å². The van der Waals surface area contributed by atoms with Gasteiger partial charge in [0.05, 0.1) is 23.5 Å². The van der Waals surface area contributed by atoms with Crippen molar-refractivity contribution in [3.05, 3.63) is 132 Å². The Balaban J connectivity index is 0.000000177. The third-order valence-electron chi connectivity index (χ3n) is 8.55. The zero-order chi connectivity index (χ0) is 41.1. The highest BCUT2D eigenvalue weighted by Crippen LogP contribution is 2.30. The summed E-state index contributed by atoms with van der Waals surface area (Å²) in [4.78, 5) is 33.5. The number of benzene rings is 2. The molecule has 6 heterocycles. The number of imidazole rings is 2. The summed E-state index contributed by atoms with van der Waals surface area (Å²) in [6, 6.07) is 16.2. The maximum Gasteiger partial charge on any atom is 0.164 e. The molecule has 8 aromatic rings. The van der Waals surface area contributed by atoms with E-state index in [4.69, 9.17) is 11.5 Å². The van der Waals surface area contributed by atoms with Crippen LogP contribution in [0.5, 0.6) is 0 Å². The number of rotatable bonds is 8. The SMILES string of the molecule is C[C@@H](Nc1ncnc(N)c1C#N)c1nc2cccnc2n1-c1cc(F)cc(F)c1.C[C@H](Nc1ncnc(N)c1C#N)c1nc2cccnc2n1-c1cc(F)cc(F)c1. The highest BCUT2D eigenvalue weighted by Gasteiger charge is 2.23. The van der Waals surface area contributed by atoms with Crippen molar-refractivity contribution in [3.63, 3.8) is 0 Å². The van der Waals surface area contributed by atoms with Crippen LogP contribution < -0.4 is 22.1 Å². The second-order valence-electron chi connectivity index (χ2n) is 12.5. The first kappa shape index (κ1) is 38.0. The second kappa shape index (κ2) is 15.8. The van der Waals surface area contributed by atoms with Crippen LogP contribution in [-0.2, 0) is 0 Å². The molecule has 16 nitrogen and oxygen atoms in total. The van der Waals surface area contributed by atoms with Gasteiger partial charge in [0.2, 0.25) is 0 Å². The Morgan fingerprint density at radius 2 is 0.966 bits per heavy atom. The van der Waals surface area contributed by atoms with Crippen LogP contribution in [0.1, 0.15) is 48.7 Å². The number of nitriles is 2. The minimum Gasteiger partial charge on any atom is -0.382 e. The Morgan fingerprint density at radius 1 is 0.586 bits per heavy atom. The van der Waals surface area contributed by atoms with E-state index in [1.165, 1.54) is 36.9 Å². The molecule has 0 amide bonds. The lowest BCUT2D eigenvalue weighted by Gasteiger charge is -2.17. The van der Waals surface area contributed by atoms with Gasteiger partial charge in [-0.1, -0.05) is 0 Å². The molecule has 0 aliphatic rings. The summed E-state index contributed by atoms with van der Waals surface area (Å²) < 4.78 is 58.6. The van der Waals surface area contributed by atoms with Gasteiger partial charge < -0.3 is 22.1 Å². The average molecular weight is 785 g/mol. The number of nitrogens with zero attached hydrogens (tertiary/aromatic N) is 12. The standard InChI is InChI=1S/2C19H14F2N8/c2*1-10(27-17-14(8-22)16(23)25-9-26-17)18-28-15-3-2-4-24-19(15)29(18)13-6-11(20)5-12(21)7-13/h2*2-7,9-10H,1H3,(H3,23,25,26,27)/t2*10-/m10/s1. The summed E-state index contributed by atoms with van der Waals surface area (Å²) in [7, 11) is 0. The molecular weight excluding hydrogens is 757 g/mol. The molecule has 58 heavy (non-hydrogen) atoms. The summed E-state index contributed by atoms with van der Waals surface area (Å²) in [6.07, 6.45) is 5.60. The lowest BCUT2D eigenvalue weighted by Crippen LogP contribution is -2.16. The van der Waals surface area contributed by atoms with Crippen molar-refractivity contribution >= 4 is 45.6 Å². The number of nitrogen functional groups attached to an aromatic ring is 2. The molecular formula is C38H28F4N16. The highest BCUT2D eigenvalue weighted by atomic mass is 19.1. The number of halogens is 4. The van der Waals surface area contributed by atoms with E-state index < -0.39 is 35.4 Å². The smallest absolute Gasteiger partial charge is 0.164 e. The largest absolute Gasteiger partial charge is 0.382 e. The Bertz CT molecular complexity index is 2680. The molecule has 0 bridgehead atoms. The van der Waals surface area contributed by atoms with Crippen LogP contribution in [0.3, 0.4) is 0 Å². The summed E-state index contributed by atoms with van der Waals surface area (Å²) in [6.45, 7) is 3.54. The molecule has 0 fully saturated rings. The van der Waals surface area contributed by atoms with Gasteiger partial charge in [0, 0.05) is 24.5 Å². The minimum atomic E-state index is -0.723. The molecule has 0 saturated carbocycles. The quantitative estimate of drug-likeness (QED) is 0.125. The Hall–Kier alpha value is -8.26. The van der Waals surface area contributed by atoms with E-state index in [0.29, 0.717) is 34.0 Å². The molecule has 2 aromatic carbocycles. The van der Waals surface area contributed by atoms with Gasteiger partial charge in [-0.3, -0.25) is 9.13 Å². The number of nitrogens with one attached hydrogen (secondary N) is 2. The zero-order valence-corrected chi connectivity index (χ0v) is 30.3. The topological polar surface area (TPSA) is 237 Å². The zero-order valence-electron chi connectivity index (χ0n) is 30.3. The van der Waals surface area contributed by atoms with Crippen LogP contribution in [0.2, 0.25) is 0 Å². The van der Waals surface area contributed by atoms with Crippen LogP contribution in [0.15, 0.2) is 85.7 Å². The maximum absolute atomic E-state index is 13.9. The Morgan fingerprint density at radius 3 is 1.33 bits per heavy atom. The van der Waals surface area contributed by atoms with E-state index in [0.717, 1.165) is 12.1 Å². The van der Waals surface area contributed by atoms with E-state index in [9.17, 15) is 28.1 Å². The molecule has 0 unspecified atom stereocenters. The maximum atomic E-state index is 13.9. The molecule has 0 aliphatic carbocycles. The number of nitrogens with two attached hydrogens (primary N) is 2. The van der Waals surface area contributed by atoms with Crippen molar-refractivity contribution in [2.75, 3.05) is 22.1 Å². The molecule has 8 rings (SSSR count). The number of aromatic nitrogens is 10. The van der Waals surface area contributed by atoms with Crippen molar-refractivity contribution in [3.8, 4) is 23.5 Å². The van der Waals surface area contributed by atoms with E-state index >= 15 is 0 Å². The number of anilines is 4. The van der Waals surface area contributed by atoms with Crippen LogP contribution in [0.4, 0.5) is 40.8 Å². The van der Waals surface area contributed by atoms with Crippen LogP contribution in [0, 0.1) is 45.9 Å². The van der Waals surface area contributed by atoms with E-state index in [1.54, 1.807) is 59.6 Å². The Kier molecular flexibility index (Phi) is 10.4. The molecule has 0 aliphatic heterocycles. The third kappa shape index (κ3) is 7.52. The fourth-order valence-electron chi connectivity index (χ4n) is 6.06. The number of hydrogen-bond acceptors (Lipinski definition) is 14. The van der Waals surface area contributed by atoms with E-state index in [1.807, 2.05) is 12.1 Å². The monoisotopic (exact) mass is 784 g/mol. The molecule has 2 atom stereocenters. The summed E-state index contributed by atoms with van der Waals surface area (Å²) in [5.74, 6) is -1.51. The Labute approximate surface area is 325 Å². The van der Waals surface area contributed by atoms with Crippen LogP contribution in [0.25, 0.3) is 33.7 Å². The summed E-state index contributed by atoms with van der Waals surface area (Å²) >= 11 is 0. The van der Waals surface area contributed by atoms with E-state index in [2.05, 4.69) is 50.5 Å². The fourth-order valence-corrected chi connectivity index (χ4v) is 6.06. The van der Waals surface area contributed by atoms with Crippen molar-refractivity contribution < 1.29 is 17.6 Å². The first-order valence-corrected chi connectivity index (χ1v) is 17.1. The number of hydrogen-bond donors (Lipinski definition) is 4. The van der Waals surface area contributed by atoms with Gasteiger partial charge in [0.25, 0.3) is 0 Å². The van der Waals surface area contributed by atoms with Crippen molar-refractivity contribution in [1.82, 2.24) is 49.0 Å². The predicted octanol–water partition coefficient (Wildman–Crippen LogP) is 6.23. The van der Waals surface area contributed by atoms with Gasteiger partial charge in [0.1, 0.15) is 105 Å². The minimum absolute atomic E-state index is 0.0413. The van der Waals surface area contributed by atoms with E-state index in [-0.39, 0.29) is 45.8 Å². The van der Waals surface area contributed by atoms with Gasteiger partial charge in [0.15, 0.2) is 11.3 Å². The average Bonchev–Trinajstić information content (AvgIpc) is 3.78. The molecule has 6 N–H and O–H groups in total. The first-order valence-electron chi connectivity index (χ1n) is 17.1. The first-order chi connectivity index (χ1) is 27.9. The fraction of sp³-hybridized carbons (Fsp3) is 0.105. The molecule has 0 saturated heterocycles. The third-order valence-corrected chi connectivity index (χ3v) is 8.55. The van der Waals surface area contributed by atoms with Gasteiger partial charge in [-0.25, -0.2) is 57.4 Å². The van der Waals surface area contributed by atoms with Gasteiger partial charge >= 0.3 is 0 Å². The number of fused-ring (bicyclic) bond motifs is 2. The number of pyridine rings is 2. The lowest BCUT2D eigenvalue weighted by atomic mass is 10.2. The van der Waals surface area contributed by atoms with Gasteiger partial charge in [-0.15, -0.1) is 0 Å². The lowest BCUT2D eigenvalue weighted by molar-refractivity contribution is 0.580. The second-order valence-corrected chi connectivity index (χ2v) is 12.5. The molecule has 20 heteroatoms. The van der Waals surface area contributed by atoms with Crippen molar-refractivity contribution in [1.29, 1.82) is 10.5 Å². The molecule has 6 aromatic heterocycles. The molecule has 0 spiro atoms. The van der Waals surface area contributed by atoms with Gasteiger partial charge in [-0.05, 0) is 62.4 Å². The highest BCUT2D eigenvalue weighted by molar-refractivity contribution is 5.75. The summed E-state index contributed by atoms with van der Waals surface area (Å²) in [5, 5.41) is 24.8. The molecule has 288 valence electrons. The molecule has 0 radical (unpaired) electrons. The summed E-state index contributed by atoms with van der Waals surface area (Å²) in [5.41, 5.74) is 14.1. The van der Waals surface area contributed by atoms with Gasteiger partial charge in [-0.2, -0.15) is 10.5 Å². The van der Waals surface area contributed by atoms with Crippen molar-refractivity contribution in [2.24, 2.45) is 0 Å². The predicted molar refractivity (Wildman–Crippen MR) is 204 cm³/mol. The normalized spacial score (nSPS) is 11.9.